The highest BCUT2D eigenvalue weighted by Gasteiger charge is 2.23. The van der Waals surface area contributed by atoms with Gasteiger partial charge < -0.3 is 15.5 Å². The van der Waals surface area contributed by atoms with Crippen LogP contribution in [0.15, 0.2) is 84.9 Å². The Morgan fingerprint density at radius 1 is 0.862 bits per heavy atom. The van der Waals surface area contributed by atoms with Crippen LogP contribution in [-0.4, -0.2) is 31.4 Å². The summed E-state index contributed by atoms with van der Waals surface area (Å²) in [6.45, 7) is 0.591. The third-order valence-corrected chi connectivity index (χ3v) is 4.83. The fourth-order valence-electron chi connectivity index (χ4n) is 3.26. The lowest BCUT2D eigenvalue weighted by Crippen LogP contribution is -2.38. The molecule has 0 radical (unpaired) electrons. The Balaban J connectivity index is 1.78. The van der Waals surface area contributed by atoms with Gasteiger partial charge in [0.2, 0.25) is 5.91 Å². The normalized spacial score (nSPS) is 13.1. The molecule has 3 rings (SSSR count). The van der Waals surface area contributed by atoms with Crippen molar-refractivity contribution in [2.75, 3.05) is 26.0 Å². The Hall–Kier alpha value is -3.02. The first kappa shape index (κ1) is 20.7. The van der Waals surface area contributed by atoms with Crippen LogP contribution in [0.3, 0.4) is 0 Å². The number of amides is 1. The maximum absolute atomic E-state index is 13.2. The molecular formula is C24H26FN3O. The van der Waals surface area contributed by atoms with E-state index in [2.05, 4.69) is 27.7 Å². The van der Waals surface area contributed by atoms with Crippen molar-refractivity contribution in [3.8, 4) is 0 Å². The van der Waals surface area contributed by atoms with Gasteiger partial charge in [-0.25, -0.2) is 4.39 Å². The van der Waals surface area contributed by atoms with E-state index in [0.717, 1.165) is 5.56 Å². The summed E-state index contributed by atoms with van der Waals surface area (Å²) in [7, 11) is 4.05. The lowest BCUT2D eigenvalue weighted by atomic mass is 10.0. The smallest absolute Gasteiger partial charge is 0.246 e. The van der Waals surface area contributed by atoms with Crippen molar-refractivity contribution in [2.24, 2.45) is 0 Å². The zero-order valence-electron chi connectivity index (χ0n) is 16.7. The second-order valence-electron chi connectivity index (χ2n) is 7.14. The van der Waals surface area contributed by atoms with Gasteiger partial charge in [0, 0.05) is 18.3 Å². The van der Waals surface area contributed by atoms with E-state index in [4.69, 9.17) is 0 Å². The maximum Gasteiger partial charge on any atom is 0.246 e. The number of carbonyl (C=O) groups is 1. The SMILES string of the molecule is CN(C)[C@@H](CN[C@@H](C(=O)Nc1ccc(F)cc1)c1ccccc1)c1ccccc1. The van der Waals surface area contributed by atoms with Crippen LogP contribution in [0.25, 0.3) is 0 Å². The first-order valence-electron chi connectivity index (χ1n) is 9.60. The molecule has 3 aromatic rings. The number of halogens is 1. The van der Waals surface area contributed by atoms with Crippen LogP contribution in [0.2, 0.25) is 0 Å². The Labute approximate surface area is 171 Å². The average molecular weight is 391 g/mol. The number of benzene rings is 3. The number of nitrogens with one attached hydrogen (secondary N) is 2. The minimum absolute atomic E-state index is 0.112. The molecule has 0 aromatic heterocycles. The molecule has 2 N–H and O–H groups in total. The van der Waals surface area contributed by atoms with Crippen molar-refractivity contribution in [1.29, 1.82) is 0 Å². The Kier molecular flexibility index (Phi) is 7.11. The zero-order valence-corrected chi connectivity index (χ0v) is 16.7. The molecule has 0 aliphatic rings. The predicted molar refractivity (Wildman–Crippen MR) is 115 cm³/mol. The Morgan fingerprint density at radius 2 is 1.41 bits per heavy atom. The van der Waals surface area contributed by atoms with Gasteiger partial charge in [-0.15, -0.1) is 0 Å². The van der Waals surface area contributed by atoms with Gasteiger partial charge in [-0.2, -0.15) is 0 Å². The number of anilines is 1. The molecule has 0 heterocycles. The zero-order chi connectivity index (χ0) is 20.6. The van der Waals surface area contributed by atoms with E-state index in [1.807, 2.05) is 62.6 Å². The van der Waals surface area contributed by atoms with Crippen LogP contribution in [0.4, 0.5) is 10.1 Å². The van der Waals surface area contributed by atoms with Crippen molar-refractivity contribution < 1.29 is 9.18 Å². The van der Waals surface area contributed by atoms with Crippen LogP contribution in [-0.2, 0) is 4.79 Å². The number of rotatable bonds is 8. The first-order valence-corrected chi connectivity index (χ1v) is 9.60. The maximum atomic E-state index is 13.2. The molecule has 0 unspecified atom stereocenters. The third-order valence-electron chi connectivity index (χ3n) is 4.83. The van der Waals surface area contributed by atoms with E-state index in [-0.39, 0.29) is 17.8 Å². The van der Waals surface area contributed by atoms with Gasteiger partial charge >= 0.3 is 0 Å². The van der Waals surface area contributed by atoms with Crippen LogP contribution in [0, 0.1) is 5.82 Å². The highest BCUT2D eigenvalue weighted by atomic mass is 19.1. The lowest BCUT2D eigenvalue weighted by Gasteiger charge is -2.28. The highest BCUT2D eigenvalue weighted by Crippen LogP contribution is 2.21. The Morgan fingerprint density at radius 3 is 1.97 bits per heavy atom. The lowest BCUT2D eigenvalue weighted by molar-refractivity contribution is -0.118. The van der Waals surface area contributed by atoms with Gasteiger partial charge in [0.25, 0.3) is 0 Å². The summed E-state index contributed by atoms with van der Waals surface area (Å²) in [5.74, 6) is -0.522. The van der Waals surface area contributed by atoms with Crippen molar-refractivity contribution >= 4 is 11.6 Å². The number of hydrogen-bond donors (Lipinski definition) is 2. The molecule has 0 aliphatic heterocycles. The molecule has 0 saturated heterocycles. The van der Waals surface area contributed by atoms with E-state index in [9.17, 15) is 9.18 Å². The van der Waals surface area contributed by atoms with E-state index in [0.29, 0.717) is 12.2 Å². The number of carbonyl (C=O) groups excluding carboxylic acids is 1. The minimum atomic E-state index is -0.535. The van der Waals surface area contributed by atoms with Gasteiger partial charge in [-0.3, -0.25) is 4.79 Å². The Bertz CT molecular complexity index is 898. The summed E-state index contributed by atoms with van der Waals surface area (Å²) in [5.41, 5.74) is 2.61. The monoisotopic (exact) mass is 391 g/mol. The van der Waals surface area contributed by atoms with Gasteiger partial charge in [0.15, 0.2) is 0 Å². The van der Waals surface area contributed by atoms with Gasteiger partial charge in [-0.1, -0.05) is 60.7 Å². The molecule has 0 bridgehead atoms. The van der Waals surface area contributed by atoms with Gasteiger partial charge in [0.1, 0.15) is 11.9 Å². The second-order valence-corrected chi connectivity index (χ2v) is 7.14. The molecule has 2 atom stereocenters. The van der Waals surface area contributed by atoms with Crippen molar-refractivity contribution in [1.82, 2.24) is 10.2 Å². The molecule has 0 aliphatic carbocycles. The molecular weight excluding hydrogens is 365 g/mol. The quantitative estimate of drug-likeness (QED) is 0.598. The number of nitrogens with zero attached hydrogens (tertiary/aromatic N) is 1. The van der Waals surface area contributed by atoms with Gasteiger partial charge in [0.05, 0.1) is 0 Å². The van der Waals surface area contributed by atoms with Crippen LogP contribution in [0.5, 0.6) is 0 Å². The molecule has 5 heteroatoms. The van der Waals surface area contributed by atoms with E-state index in [1.54, 1.807) is 12.1 Å². The first-order chi connectivity index (χ1) is 14.0. The number of likely N-dealkylation sites (N-methyl/N-ethyl adjacent to an activating group) is 1. The van der Waals surface area contributed by atoms with Crippen molar-refractivity contribution in [3.05, 3.63) is 102 Å². The van der Waals surface area contributed by atoms with Crippen LogP contribution < -0.4 is 10.6 Å². The summed E-state index contributed by atoms with van der Waals surface area (Å²) in [4.78, 5) is 15.2. The summed E-state index contributed by atoms with van der Waals surface area (Å²) < 4.78 is 13.2. The molecule has 0 fully saturated rings. The molecule has 3 aromatic carbocycles. The van der Waals surface area contributed by atoms with Crippen LogP contribution >= 0.6 is 0 Å². The molecule has 0 saturated carbocycles. The minimum Gasteiger partial charge on any atom is -0.324 e. The fraction of sp³-hybridized carbons (Fsp3) is 0.208. The van der Waals surface area contributed by atoms with Crippen LogP contribution in [0.1, 0.15) is 23.2 Å². The largest absolute Gasteiger partial charge is 0.324 e. The second kappa shape index (κ2) is 9.96. The third kappa shape index (κ3) is 5.73. The summed E-state index contributed by atoms with van der Waals surface area (Å²) >= 11 is 0. The van der Waals surface area contributed by atoms with Crippen molar-refractivity contribution in [2.45, 2.75) is 12.1 Å². The molecule has 150 valence electrons. The molecule has 0 spiro atoms. The molecule has 4 nitrogen and oxygen atoms in total. The van der Waals surface area contributed by atoms with E-state index in [1.165, 1.54) is 17.7 Å². The number of hydrogen-bond acceptors (Lipinski definition) is 3. The predicted octanol–water partition coefficient (Wildman–Crippen LogP) is 4.40. The standard InChI is InChI=1S/C24H26FN3O/c1-28(2)22(18-9-5-3-6-10-18)17-26-23(19-11-7-4-8-12-19)24(29)27-21-15-13-20(25)14-16-21/h3-16,22-23,26H,17H2,1-2H3,(H,27,29)/t22-,23+/m0/s1. The topological polar surface area (TPSA) is 44.4 Å². The highest BCUT2D eigenvalue weighted by molar-refractivity contribution is 5.95. The van der Waals surface area contributed by atoms with E-state index >= 15 is 0 Å². The average Bonchev–Trinajstić information content (AvgIpc) is 2.74. The summed E-state index contributed by atoms with van der Waals surface area (Å²) in [5, 5.41) is 6.30. The fourth-order valence-corrected chi connectivity index (χ4v) is 3.26. The summed E-state index contributed by atoms with van der Waals surface area (Å²) in [6.07, 6.45) is 0. The van der Waals surface area contributed by atoms with Gasteiger partial charge in [-0.05, 0) is 49.5 Å². The van der Waals surface area contributed by atoms with Crippen molar-refractivity contribution in [3.63, 3.8) is 0 Å². The summed E-state index contributed by atoms with van der Waals surface area (Å²) in [6, 6.07) is 25.1. The molecule has 1 amide bonds. The van der Waals surface area contributed by atoms with E-state index < -0.39 is 6.04 Å². The molecule has 29 heavy (non-hydrogen) atoms.